The summed E-state index contributed by atoms with van der Waals surface area (Å²) >= 11 is 12.2. The molecule has 0 fully saturated rings. The number of benzene rings is 4. The van der Waals surface area contributed by atoms with Crippen molar-refractivity contribution in [3.63, 3.8) is 0 Å². The Morgan fingerprint density at radius 3 is 2.51 bits per heavy atom. The van der Waals surface area contributed by atoms with Gasteiger partial charge in [0.05, 0.1) is 5.02 Å². The Bertz CT molecular complexity index is 1740. The van der Waals surface area contributed by atoms with Crippen molar-refractivity contribution in [3.05, 3.63) is 107 Å². The van der Waals surface area contributed by atoms with Gasteiger partial charge in [-0.05, 0) is 71.4 Å². The van der Waals surface area contributed by atoms with Crippen molar-refractivity contribution in [3.8, 4) is 22.8 Å². The maximum atomic E-state index is 12.8. The maximum absolute atomic E-state index is 12.8. The van der Waals surface area contributed by atoms with E-state index in [1.807, 2.05) is 30.3 Å². The molecule has 1 N–H and O–H groups in total. The molecule has 35 heavy (non-hydrogen) atoms. The number of halogens is 2. The summed E-state index contributed by atoms with van der Waals surface area (Å²) in [4.78, 5) is 17.4. The minimum atomic E-state index is -0.390. The number of anilines is 1. The summed E-state index contributed by atoms with van der Waals surface area (Å²) in [6, 6.07) is 27.9. The highest BCUT2D eigenvalue weighted by molar-refractivity contribution is 6.36. The van der Waals surface area contributed by atoms with Gasteiger partial charge in [0.15, 0.2) is 11.3 Å². The van der Waals surface area contributed by atoms with E-state index < -0.39 is 0 Å². The van der Waals surface area contributed by atoms with E-state index >= 15 is 0 Å². The molecule has 170 valence electrons. The van der Waals surface area contributed by atoms with Crippen molar-refractivity contribution in [2.45, 2.75) is 0 Å². The number of oxazole rings is 1. The van der Waals surface area contributed by atoms with Gasteiger partial charge in [-0.2, -0.15) is 0 Å². The lowest BCUT2D eigenvalue weighted by molar-refractivity contribution is 0.0997. The van der Waals surface area contributed by atoms with E-state index in [9.17, 15) is 4.79 Å². The van der Waals surface area contributed by atoms with Gasteiger partial charge in [-0.15, -0.1) is 0 Å². The molecule has 0 unspecified atom stereocenters. The molecule has 0 aliphatic rings. The fraction of sp³-hybridized carbons (Fsp3) is 0. The van der Waals surface area contributed by atoms with Crippen LogP contribution in [0.25, 0.3) is 44.7 Å². The topological polar surface area (TPSA) is 68.3 Å². The summed E-state index contributed by atoms with van der Waals surface area (Å²) in [7, 11) is 0. The van der Waals surface area contributed by atoms with Gasteiger partial charge in [0, 0.05) is 21.8 Å². The molecule has 1 amide bonds. The van der Waals surface area contributed by atoms with Gasteiger partial charge < -0.3 is 14.2 Å². The number of furan rings is 1. The third kappa shape index (κ3) is 4.16. The Labute approximate surface area is 209 Å². The van der Waals surface area contributed by atoms with Crippen LogP contribution >= 0.6 is 23.2 Å². The molecular weight excluding hydrogens is 483 g/mol. The second-order valence-corrected chi connectivity index (χ2v) is 8.85. The lowest BCUT2D eigenvalue weighted by atomic mass is 10.1. The zero-order valence-corrected chi connectivity index (χ0v) is 19.6. The van der Waals surface area contributed by atoms with E-state index in [2.05, 4.69) is 22.4 Å². The maximum Gasteiger partial charge on any atom is 0.291 e. The van der Waals surface area contributed by atoms with Crippen molar-refractivity contribution < 1.29 is 13.6 Å². The van der Waals surface area contributed by atoms with Crippen LogP contribution in [-0.2, 0) is 0 Å². The van der Waals surface area contributed by atoms with Crippen molar-refractivity contribution >= 4 is 56.7 Å². The third-order valence-electron chi connectivity index (χ3n) is 5.67. The molecule has 2 aromatic heterocycles. The highest BCUT2D eigenvalue weighted by Gasteiger charge is 2.16. The summed E-state index contributed by atoms with van der Waals surface area (Å²) in [5.41, 5.74) is 3.38. The third-order valence-corrected chi connectivity index (χ3v) is 6.22. The van der Waals surface area contributed by atoms with Crippen molar-refractivity contribution in [2.24, 2.45) is 0 Å². The number of nitrogens with zero attached hydrogens (tertiary/aromatic N) is 1. The van der Waals surface area contributed by atoms with Gasteiger partial charge in [-0.25, -0.2) is 4.98 Å². The number of fused-ring (bicyclic) bond motifs is 2. The molecule has 0 aliphatic carbocycles. The first-order valence-corrected chi connectivity index (χ1v) is 11.6. The van der Waals surface area contributed by atoms with E-state index in [1.54, 1.807) is 48.5 Å². The number of carbonyl (C=O) groups excluding carboxylic acids is 1. The van der Waals surface area contributed by atoms with Gasteiger partial charge >= 0.3 is 0 Å². The van der Waals surface area contributed by atoms with Gasteiger partial charge in [0.25, 0.3) is 5.91 Å². The summed E-state index contributed by atoms with van der Waals surface area (Å²) < 4.78 is 11.7. The van der Waals surface area contributed by atoms with Crippen LogP contribution in [-0.4, -0.2) is 10.9 Å². The lowest BCUT2D eigenvalue weighted by Crippen LogP contribution is -2.10. The van der Waals surface area contributed by atoms with Crippen molar-refractivity contribution in [1.29, 1.82) is 0 Å². The van der Waals surface area contributed by atoms with Crippen molar-refractivity contribution in [2.75, 3.05) is 5.32 Å². The molecule has 5 nitrogen and oxygen atoms in total. The number of nitrogens with one attached hydrogen (secondary N) is 1. The van der Waals surface area contributed by atoms with Crippen LogP contribution in [0.2, 0.25) is 10.0 Å². The number of aromatic nitrogens is 1. The number of amides is 1. The Kier molecular flexibility index (Phi) is 5.29. The fourth-order valence-electron chi connectivity index (χ4n) is 3.94. The largest absolute Gasteiger partial charge is 0.451 e. The monoisotopic (exact) mass is 498 g/mol. The quantitative estimate of drug-likeness (QED) is 0.264. The molecule has 0 spiro atoms. The summed E-state index contributed by atoms with van der Waals surface area (Å²) in [5, 5.41) is 6.07. The first kappa shape index (κ1) is 21.5. The van der Waals surface area contributed by atoms with E-state index in [0.717, 1.165) is 16.3 Å². The van der Waals surface area contributed by atoms with Crippen LogP contribution in [0.3, 0.4) is 0 Å². The molecule has 0 bridgehead atoms. The Morgan fingerprint density at radius 2 is 1.66 bits per heavy atom. The van der Waals surface area contributed by atoms with Gasteiger partial charge in [-0.3, -0.25) is 4.79 Å². The standard InChI is InChI=1S/C28H16Cl2N2O3/c29-19-7-9-21(22(30)14-19)24-11-12-26(34-24)27(33)31-20-8-10-25-23(15-20)32-28(35-25)18-6-5-16-3-1-2-4-17(16)13-18/h1-15H,(H,31,33). The Balaban J connectivity index is 1.24. The SMILES string of the molecule is O=C(Nc1ccc2oc(-c3ccc4ccccc4c3)nc2c1)c1ccc(-c2ccc(Cl)cc2Cl)o1. The Hall–Kier alpha value is -4.06. The van der Waals surface area contributed by atoms with Crippen LogP contribution in [0, 0.1) is 0 Å². The lowest BCUT2D eigenvalue weighted by Gasteiger charge is -2.03. The predicted octanol–water partition coefficient (Wildman–Crippen LogP) is 8.47. The highest BCUT2D eigenvalue weighted by Crippen LogP contribution is 2.32. The molecule has 2 heterocycles. The smallest absolute Gasteiger partial charge is 0.291 e. The minimum absolute atomic E-state index is 0.156. The average Bonchev–Trinajstić information content (AvgIpc) is 3.51. The second-order valence-electron chi connectivity index (χ2n) is 8.01. The number of hydrogen-bond acceptors (Lipinski definition) is 4. The minimum Gasteiger partial charge on any atom is -0.451 e. The summed E-state index contributed by atoms with van der Waals surface area (Å²) in [5.74, 6) is 0.760. The van der Waals surface area contributed by atoms with Gasteiger partial charge in [0.1, 0.15) is 11.3 Å². The molecule has 0 radical (unpaired) electrons. The second kappa shape index (κ2) is 8.62. The number of hydrogen-bond donors (Lipinski definition) is 1. The van der Waals surface area contributed by atoms with Gasteiger partial charge in [-0.1, -0.05) is 53.5 Å². The molecule has 0 aliphatic heterocycles. The van der Waals surface area contributed by atoms with Gasteiger partial charge in [0.2, 0.25) is 5.89 Å². The van der Waals surface area contributed by atoms with E-state index in [0.29, 0.717) is 44.0 Å². The zero-order valence-electron chi connectivity index (χ0n) is 18.1. The summed E-state index contributed by atoms with van der Waals surface area (Å²) in [6.07, 6.45) is 0. The normalized spacial score (nSPS) is 11.3. The zero-order chi connectivity index (χ0) is 23.9. The fourth-order valence-corrected chi connectivity index (χ4v) is 4.44. The van der Waals surface area contributed by atoms with Crippen LogP contribution in [0.1, 0.15) is 10.6 Å². The molecule has 7 heteroatoms. The van der Waals surface area contributed by atoms with Crippen LogP contribution in [0.4, 0.5) is 5.69 Å². The molecule has 0 atom stereocenters. The molecular formula is C28H16Cl2N2O3. The summed E-state index contributed by atoms with van der Waals surface area (Å²) in [6.45, 7) is 0. The Morgan fingerprint density at radius 1 is 0.800 bits per heavy atom. The average molecular weight is 499 g/mol. The first-order valence-electron chi connectivity index (χ1n) is 10.8. The van der Waals surface area contributed by atoms with E-state index in [-0.39, 0.29) is 11.7 Å². The van der Waals surface area contributed by atoms with Crippen molar-refractivity contribution in [1.82, 2.24) is 4.98 Å². The van der Waals surface area contributed by atoms with E-state index in [1.165, 1.54) is 0 Å². The predicted molar refractivity (Wildman–Crippen MR) is 139 cm³/mol. The first-order chi connectivity index (χ1) is 17.0. The van der Waals surface area contributed by atoms with Crippen LogP contribution in [0.5, 0.6) is 0 Å². The van der Waals surface area contributed by atoms with E-state index in [4.69, 9.17) is 32.0 Å². The van der Waals surface area contributed by atoms with Crippen LogP contribution < -0.4 is 5.32 Å². The molecule has 0 saturated carbocycles. The number of carbonyl (C=O) groups is 1. The van der Waals surface area contributed by atoms with Crippen LogP contribution in [0.15, 0.2) is 99.8 Å². The number of rotatable bonds is 4. The molecule has 6 rings (SSSR count). The molecule has 4 aromatic carbocycles. The highest BCUT2D eigenvalue weighted by atomic mass is 35.5. The molecule has 6 aromatic rings. The molecule has 0 saturated heterocycles.